The van der Waals surface area contributed by atoms with Gasteiger partial charge in [0.15, 0.2) is 0 Å². The number of likely N-dealkylation sites (tertiary alicyclic amines) is 1. The molecule has 2 fully saturated rings. The lowest BCUT2D eigenvalue weighted by atomic mass is 9.81. The van der Waals surface area contributed by atoms with E-state index in [1.165, 1.54) is 64.1 Å². The van der Waals surface area contributed by atoms with Gasteiger partial charge < -0.3 is 10.2 Å². The molecule has 0 aromatic heterocycles. The summed E-state index contributed by atoms with van der Waals surface area (Å²) in [5, 5.41) is 3.90. The quantitative estimate of drug-likeness (QED) is 0.868. The van der Waals surface area contributed by atoms with E-state index in [0.29, 0.717) is 0 Å². The molecule has 1 aliphatic heterocycles. The van der Waals surface area contributed by atoms with Gasteiger partial charge in [-0.05, 0) is 57.0 Å². The van der Waals surface area contributed by atoms with Crippen LogP contribution in [0, 0.1) is 5.82 Å². The summed E-state index contributed by atoms with van der Waals surface area (Å²) in [7, 11) is 0. The van der Waals surface area contributed by atoms with Crippen LogP contribution in [0.5, 0.6) is 0 Å². The van der Waals surface area contributed by atoms with E-state index in [4.69, 9.17) is 11.6 Å². The Kier molecular flexibility index (Phi) is 4.70. The molecule has 1 aromatic rings. The van der Waals surface area contributed by atoms with Crippen LogP contribution in [-0.4, -0.2) is 30.1 Å². The molecule has 4 heteroatoms. The second kappa shape index (κ2) is 6.53. The molecule has 2 nitrogen and oxygen atoms in total. The summed E-state index contributed by atoms with van der Waals surface area (Å²) in [4.78, 5) is 2.57. The second-order valence-electron chi connectivity index (χ2n) is 6.58. The summed E-state index contributed by atoms with van der Waals surface area (Å²) in [6, 6.07) is 4.98. The summed E-state index contributed by atoms with van der Waals surface area (Å²) >= 11 is 5.92. The van der Waals surface area contributed by atoms with E-state index < -0.39 is 0 Å². The molecule has 1 N–H and O–H groups in total. The van der Waals surface area contributed by atoms with Gasteiger partial charge in [0.05, 0.1) is 5.02 Å². The van der Waals surface area contributed by atoms with E-state index in [1.807, 2.05) is 6.07 Å². The van der Waals surface area contributed by atoms with Gasteiger partial charge in [0.2, 0.25) is 0 Å². The van der Waals surface area contributed by atoms with Crippen molar-refractivity contribution in [2.75, 3.05) is 25.0 Å². The van der Waals surface area contributed by atoms with Crippen molar-refractivity contribution in [3.63, 3.8) is 0 Å². The molecule has 116 valence electrons. The van der Waals surface area contributed by atoms with Crippen LogP contribution in [0.15, 0.2) is 18.2 Å². The molecule has 1 saturated carbocycles. The molecule has 1 aliphatic carbocycles. The SMILES string of the molecule is Fc1ccc(NC2(CN3CCCC3)CCCCC2)cc1Cl. The first-order chi connectivity index (χ1) is 10.2. The fraction of sp³-hybridized carbons (Fsp3) is 0.647. The van der Waals surface area contributed by atoms with Crippen LogP contribution in [0.2, 0.25) is 5.02 Å². The number of benzene rings is 1. The maximum atomic E-state index is 13.3. The molecule has 0 spiro atoms. The molecular weight excluding hydrogens is 287 g/mol. The van der Waals surface area contributed by atoms with Crippen molar-refractivity contribution in [1.82, 2.24) is 4.90 Å². The summed E-state index contributed by atoms with van der Waals surface area (Å²) < 4.78 is 13.3. The fourth-order valence-corrected chi connectivity index (χ4v) is 3.98. The topological polar surface area (TPSA) is 15.3 Å². The summed E-state index contributed by atoms with van der Waals surface area (Å²) in [6.45, 7) is 3.53. The van der Waals surface area contributed by atoms with E-state index in [-0.39, 0.29) is 16.4 Å². The Bertz CT molecular complexity index is 480. The normalized spacial score (nSPS) is 22.4. The Morgan fingerprint density at radius 3 is 2.48 bits per heavy atom. The van der Waals surface area contributed by atoms with Gasteiger partial charge in [0.1, 0.15) is 5.82 Å². The lowest BCUT2D eigenvalue weighted by Gasteiger charge is -2.41. The zero-order valence-corrected chi connectivity index (χ0v) is 13.3. The average Bonchev–Trinajstić information content (AvgIpc) is 2.96. The minimum atomic E-state index is -0.348. The van der Waals surface area contributed by atoms with Gasteiger partial charge in [-0.1, -0.05) is 30.9 Å². The highest BCUT2D eigenvalue weighted by Crippen LogP contribution is 2.34. The van der Waals surface area contributed by atoms with Gasteiger partial charge in [0, 0.05) is 17.8 Å². The Hall–Kier alpha value is -0.800. The third-order valence-electron chi connectivity index (χ3n) is 4.86. The molecule has 0 bridgehead atoms. The van der Waals surface area contributed by atoms with Crippen LogP contribution >= 0.6 is 11.6 Å². The Morgan fingerprint density at radius 1 is 1.10 bits per heavy atom. The van der Waals surface area contributed by atoms with Crippen molar-refractivity contribution in [3.8, 4) is 0 Å². The van der Waals surface area contributed by atoms with Crippen LogP contribution in [-0.2, 0) is 0 Å². The molecule has 0 unspecified atom stereocenters. The summed E-state index contributed by atoms with van der Waals surface area (Å²) in [6.07, 6.45) is 8.90. The third kappa shape index (κ3) is 3.70. The van der Waals surface area contributed by atoms with Crippen LogP contribution in [0.25, 0.3) is 0 Å². The van der Waals surface area contributed by atoms with Crippen LogP contribution in [0.4, 0.5) is 10.1 Å². The average molecular weight is 311 g/mol. The predicted molar refractivity (Wildman–Crippen MR) is 86.5 cm³/mol. The van der Waals surface area contributed by atoms with E-state index in [0.717, 1.165) is 12.2 Å². The molecule has 0 radical (unpaired) electrons. The number of halogens is 2. The van der Waals surface area contributed by atoms with Crippen LogP contribution < -0.4 is 5.32 Å². The zero-order chi connectivity index (χ0) is 14.7. The molecule has 21 heavy (non-hydrogen) atoms. The number of hydrogen-bond acceptors (Lipinski definition) is 2. The highest BCUT2D eigenvalue weighted by molar-refractivity contribution is 6.31. The predicted octanol–water partition coefficient (Wildman–Crippen LogP) is 4.69. The smallest absolute Gasteiger partial charge is 0.141 e. The lowest BCUT2D eigenvalue weighted by Crippen LogP contribution is -2.49. The maximum absolute atomic E-state index is 13.3. The minimum Gasteiger partial charge on any atom is -0.378 e. The number of nitrogens with one attached hydrogen (secondary N) is 1. The van der Waals surface area contributed by atoms with E-state index in [9.17, 15) is 4.39 Å². The van der Waals surface area contributed by atoms with Gasteiger partial charge in [0.25, 0.3) is 0 Å². The molecular formula is C17H24ClFN2. The van der Waals surface area contributed by atoms with E-state index in [2.05, 4.69) is 10.2 Å². The monoisotopic (exact) mass is 310 g/mol. The Balaban J connectivity index is 1.75. The van der Waals surface area contributed by atoms with Crippen LogP contribution in [0.1, 0.15) is 44.9 Å². The highest BCUT2D eigenvalue weighted by atomic mass is 35.5. The largest absolute Gasteiger partial charge is 0.378 e. The zero-order valence-electron chi connectivity index (χ0n) is 12.5. The minimum absolute atomic E-state index is 0.129. The molecule has 3 rings (SSSR count). The maximum Gasteiger partial charge on any atom is 0.141 e. The van der Waals surface area contributed by atoms with Crippen molar-refractivity contribution in [2.45, 2.75) is 50.5 Å². The first kappa shape index (κ1) is 15.1. The molecule has 1 heterocycles. The van der Waals surface area contributed by atoms with E-state index in [1.54, 1.807) is 6.07 Å². The van der Waals surface area contributed by atoms with Crippen molar-refractivity contribution in [2.24, 2.45) is 0 Å². The fourth-order valence-electron chi connectivity index (χ4n) is 3.80. The Morgan fingerprint density at radius 2 is 1.81 bits per heavy atom. The van der Waals surface area contributed by atoms with Crippen molar-refractivity contribution < 1.29 is 4.39 Å². The summed E-state index contributed by atoms with van der Waals surface area (Å²) in [5.41, 5.74) is 1.08. The third-order valence-corrected chi connectivity index (χ3v) is 5.15. The molecule has 1 saturated heterocycles. The first-order valence-corrected chi connectivity index (χ1v) is 8.50. The number of anilines is 1. The first-order valence-electron chi connectivity index (χ1n) is 8.13. The Labute approximate surface area is 131 Å². The molecule has 1 aromatic carbocycles. The number of nitrogens with zero attached hydrogens (tertiary/aromatic N) is 1. The van der Waals surface area contributed by atoms with Crippen molar-refractivity contribution >= 4 is 17.3 Å². The summed E-state index contributed by atoms with van der Waals surface area (Å²) in [5.74, 6) is -0.348. The van der Waals surface area contributed by atoms with Crippen LogP contribution in [0.3, 0.4) is 0 Å². The van der Waals surface area contributed by atoms with Gasteiger partial charge in [-0.3, -0.25) is 0 Å². The lowest BCUT2D eigenvalue weighted by molar-refractivity contribution is 0.215. The van der Waals surface area contributed by atoms with E-state index >= 15 is 0 Å². The van der Waals surface area contributed by atoms with Gasteiger partial charge in [-0.2, -0.15) is 0 Å². The number of rotatable bonds is 4. The van der Waals surface area contributed by atoms with Gasteiger partial charge in [-0.15, -0.1) is 0 Å². The second-order valence-corrected chi connectivity index (χ2v) is 6.99. The highest BCUT2D eigenvalue weighted by Gasteiger charge is 2.34. The number of hydrogen-bond donors (Lipinski definition) is 1. The van der Waals surface area contributed by atoms with Crippen molar-refractivity contribution in [1.29, 1.82) is 0 Å². The molecule has 0 atom stereocenters. The molecule has 2 aliphatic rings. The van der Waals surface area contributed by atoms with Gasteiger partial charge >= 0.3 is 0 Å². The van der Waals surface area contributed by atoms with Gasteiger partial charge in [-0.25, -0.2) is 4.39 Å². The molecule has 0 amide bonds. The standard InChI is InChI=1S/C17H24ClFN2/c18-15-12-14(6-7-16(15)19)20-17(8-2-1-3-9-17)13-21-10-4-5-11-21/h6-7,12,20H,1-5,8-11,13H2. The van der Waals surface area contributed by atoms with Crippen molar-refractivity contribution in [3.05, 3.63) is 29.0 Å².